The number of rotatable bonds is 0. The number of hydrogen-bond donors (Lipinski definition) is 0. The fraction of sp³-hybridized carbons (Fsp3) is 0.140. The van der Waals surface area contributed by atoms with Crippen molar-refractivity contribution >= 4 is 87.2 Å². The van der Waals surface area contributed by atoms with Gasteiger partial charge in [0.2, 0.25) is 5.43 Å². The highest BCUT2D eigenvalue weighted by Gasteiger charge is 2.38. The van der Waals surface area contributed by atoms with Crippen LogP contribution in [0.1, 0.15) is 49.9 Å². The molecule has 7 heteroatoms. The summed E-state index contributed by atoms with van der Waals surface area (Å²) in [6, 6.07) is 24.9. The Hall–Kier alpha value is -6.21. The molecule has 0 radical (unpaired) electrons. The van der Waals surface area contributed by atoms with Gasteiger partial charge >= 0.3 is 0 Å². The second-order valence-corrected chi connectivity index (χ2v) is 15.3. The van der Waals surface area contributed by atoms with E-state index in [-0.39, 0.29) is 38.1 Å². The summed E-state index contributed by atoms with van der Waals surface area (Å²) >= 11 is 0. The first-order chi connectivity index (χ1) is 24.0. The van der Waals surface area contributed by atoms with Crippen molar-refractivity contribution in [3.8, 4) is 0 Å². The van der Waals surface area contributed by atoms with Gasteiger partial charge in [-0.25, -0.2) is 4.98 Å². The monoisotopic (exact) mass is 647 g/mol. The summed E-state index contributed by atoms with van der Waals surface area (Å²) in [6.45, 7) is 8.49. The zero-order chi connectivity index (χ0) is 33.9. The average molecular weight is 648 g/mol. The van der Waals surface area contributed by atoms with E-state index < -0.39 is 10.8 Å². The molecule has 0 saturated carbocycles. The molecule has 0 fully saturated rings. The lowest BCUT2D eigenvalue weighted by Gasteiger charge is -2.35. The minimum absolute atomic E-state index is 0.136. The van der Waals surface area contributed by atoms with Gasteiger partial charge in [0.25, 0.3) is 0 Å². The fourth-order valence-electron chi connectivity index (χ4n) is 10.00. The molecule has 0 aliphatic carbocycles. The highest BCUT2D eigenvalue weighted by molar-refractivity contribution is 6.26. The lowest BCUT2D eigenvalue weighted by molar-refractivity contribution is 0.642. The molecule has 2 aliphatic rings. The molecule has 0 bridgehead atoms. The summed E-state index contributed by atoms with van der Waals surface area (Å²) in [5.74, 6) is 0. The second kappa shape index (κ2) is 7.81. The number of hydrogen-bond acceptors (Lipinski definition) is 5. The van der Waals surface area contributed by atoms with Crippen molar-refractivity contribution in [3.05, 3.63) is 142 Å². The van der Waals surface area contributed by atoms with Crippen LogP contribution in [-0.4, -0.2) is 13.8 Å². The molecule has 10 aromatic rings. The molecule has 50 heavy (non-hydrogen) atoms. The van der Waals surface area contributed by atoms with Gasteiger partial charge in [0.05, 0.1) is 49.4 Å². The molecule has 0 atom stereocenters. The SMILES string of the molecule is CC1(C)c2cccc3c(=O)c4cc5c(nc6c(=O)c7cccc8c7n7c9c(cccc9c(=O)c5c67)C8(C)C)c5c(=O)c6cccc1c6n(c23)c45. The van der Waals surface area contributed by atoms with Crippen molar-refractivity contribution in [1.82, 2.24) is 13.8 Å². The Balaban J connectivity index is 1.48. The summed E-state index contributed by atoms with van der Waals surface area (Å²) in [7, 11) is 0. The van der Waals surface area contributed by atoms with Crippen LogP contribution in [0.15, 0.2) is 98.0 Å². The molecule has 12 rings (SSSR count). The van der Waals surface area contributed by atoms with Gasteiger partial charge in [-0.2, -0.15) is 0 Å². The predicted octanol–water partition coefficient (Wildman–Crippen LogP) is 7.25. The van der Waals surface area contributed by atoms with E-state index in [1.807, 2.05) is 65.1 Å². The molecule has 5 aromatic heterocycles. The summed E-state index contributed by atoms with van der Waals surface area (Å²) in [5, 5.41) is 3.37. The van der Waals surface area contributed by atoms with Crippen LogP contribution in [-0.2, 0) is 10.8 Å². The number of fused-ring (bicyclic) bond motifs is 3. The van der Waals surface area contributed by atoms with Crippen LogP contribution in [0.2, 0.25) is 0 Å². The van der Waals surface area contributed by atoms with Gasteiger partial charge in [0.1, 0.15) is 5.52 Å². The van der Waals surface area contributed by atoms with E-state index in [9.17, 15) is 19.2 Å². The van der Waals surface area contributed by atoms with Crippen LogP contribution in [0.3, 0.4) is 0 Å². The number of nitrogens with zero attached hydrogens (tertiary/aromatic N) is 3. The second-order valence-electron chi connectivity index (χ2n) is 15.3. The number of pyridine rings is 5. The summed E-state index contributed by atoms with van der Waals surface area (Å²) in [6.07, 6.45) is 0. The van der Waals surface area contributed by atoms with Gasteiger partial charge in [0.15, 0.2) is 16.3 Å². The van der Waals surface area contributed by atoms with Gasteiger partial charge in [-0.3, -0.25) is 19.2 Å². The zero-order valence-corrected chi connectivity index (χ0v) is 27.5. The first kappa shape index (κ1) is 26.7. The minimum Gasteiger partial charge on any atom is -0.307 e. The molecular weight excluding hydrogens is 622 g/mol. The topological polar surface area (TPSA) is 90.0 Å². The largest absolute Gasteiger partial charge is 0.307 e. The van der Waals surface area contributed by atoms with Crippen molar-refractivity contribution in [2.24, 2.45) is 0 Å². The quantitative estimate of drug-likeness (QED) is 0.128. The fourth-order valence-corrected chi connectivity index (χ4v) is 10.00. The van der Waals surface area contributed by atoms with Gasteiger partial charge in [-0.1, -0.05) is 76.2 Å². The lowest BCUT2D eigenvalue weighted by atomic mass is 9.74. The van der Waals surface area contributed by atoms with E-state index in [4.69, 9.17) is 4.98 Å². The third-order valence-electron chi connectivity index (χ3n) is 12.3. The van der Waals surface area contributed by atoms with Crippen molar-refractivity contribution in [2.75, 3.05) is 0 Å². The van der Waals surface area contributed by atoms with E-state index in [0.717, 1.165) is 44.3 Å². The van der Waals surface area contributed by atoms with E-state index in [1.165, 1.54) is 0 Å². The van der Waals surface area contributed by atoms with Crippen LogP contribution in [0.5, 0.6) is 0 Å². The Kier molecular flexibility index (Phi) is 4.17. The zero-order valence-electron chi connectivity index (χ0n) is 27.5. The normalized spacial score (nSPS) is 15.8. The van der Waals surface area contributed by atoms with E-state index in [2.05, 4.69) is 44.2 Å². The molecule has 0 N–H and O–H groups in total. The Morgan fingerprint density at radius 1 is 0.420 bits per heavy atom. The van der Waals surface area contributed by atoms with Crippen molar-refractivity contribution in [3.63, 3.8) is 0 Å². The lowest BCUT2D eigenvalue weighted by Crippen LogP contribution is -2.29. The van der Waals surface area contributed by atoms with Crippen molar-refractivity contribution < 1.29 is 0 Å². The molecule has 0 saturated heterocycles. The highest BCUT2D eigenvalue weighted by Crippen LogP contribution is 2.47. The van der Waals surface area contributed by atoms with Crippen LogP contribution < -0.4 is 21.7 Å². The molecule has 0 amide bonds. The highest BCUT2D eigenvalue weighted by atomic mass is 16.1. The average Bonchev–Trinajstić information content (AvgIpc) is 3.11. The van der Waals surface area contributed by atoms with Crippen LogP contribution in [0, 0.1) is 0 Å². The van der Waals surface area contributed by atoms with Crippen LogP contribution >= 0.6 is 0 Å². The number of para-hydroxylation sites is 4. The van der Waals surface area contributed by atoms with Gasteiger partial charge < -0.3 is 8.80 Å². The summed E-state index contributed by atoms with van der Waals surface area (Å²) < 4.78 is 4.12. The first-order valence-corrected chi connectivity index (χ1v) is 16.9. The van der Waals surface area contributed by atoms with Gasteiger partial charge in [0, 0.05) is 43.1 Å². The van der Waals surface area contributed by atoms with Gasteiger partial charge in [-0.05, 0) is 52.6 Å². The molecule has 0 unspecified atom stereocenters. The molecule has 236 valence electrons. The Morgan fingerprint density at radius 3 is 1.34 bits per heavy atom. The standard InChI is InChI=1S/C43H25N3O4/c1-42(2)24-13-5-9-18-32(24)45-33-20(11-7-14-25(33)42)40(49)29-30-22(17-23(36(29)45)38(18)47)28-37-31(44-30)41(50)21-12-8-16-27-35(21)46(37)34-19(39(28)48)10-6-15-26(34)43(27,3)4/h5-17H,1-4H3. The van der Waals surface area contributed by atoms with E-state index in [0.29, 0.717) is 48.7 Å². The summed E-state index contributed by atoms with van der Waals surface area (Å²) in [5.41, 5.74) is 6.33. The van der Waals surface area contributed by atoms with Crippen molar-refractivity contribution in [2.45, 2.75) is 38.5 Å². The third kappa shape index (κ3) is 2.53. The summed E-state index contributed by atoms with van der Waals surface area (Å²) in [4.78, 5) is 64.3. The van der Waals surface area contributed by atoms with Crippen molar-refractivity contribution in [1.29, 1.82) is 0 Å². The number of aromatic nitrogens is 3. The predicted molar refractivity (Wildman–Crippen MR) is 200 cm³/mol. The van der Waals surface area contributed by atoms with Crippen LogP contribution in [0.4, 0.5) is 0 Å². The Bertz CT molecular complexity index is 3340. The third-order valence-corrected chi connectivity index (χ3v) is 12.3. The minimum atomic E-state index is -0.476. The first-order valence-electron chi connectivity index (χ1n) is 16.9. The molecule has 0 spiro atoms. The molecule has 7 heterocycles. The Morgan fingerprint density at radius 2 is 0.840 bits per heavy atom. The number of benzene rings is 5. The molecular formula is C43H25N3O4. The molecule has 5 aromatic carbocycles. The smallest absolute Gasteiger partial charge is 0.215 e. The molecule has 7 nitrogen and oxygen atoms in total. The Labute approximate surface area is 280 Å². The van der Waals surface area contributed by atoms with Gasteiger partial charge in [-0.15, -0.1) is 0 Å². The maximum Gasteiger partial charge on any atom is 0.215 e. The maximum absolute atomic E-state index is 14.9. The maximum atomic E-state index is 14.9. The van der Waals surface area contributed by atoms with Crippen LogP contribution in [0.25, 0.3) is 87.2 Å². The van der Waals surface area contributed by atoms with E-state index in [1.54, 1.807) is 6.07 Å². The molecule has 2 aliphatic heterocycles. The van der Waals surface area contributed by atoms with E-state index >= 15 is 0 Å².